The van der Waals surface area contributed by atoms with Gasteiger partial charge in [-0.05, 0) is 31.0 Å². The first kappa shape index (κ1) is 15.7. The number of nitrogens with one attached hydrogen (secondary N) is 1. The number of hydrogen-bond acceptors (Lipinski definition) is 3. The molecular formula is C15H19F2NO3. The number of amides is 1. The van der Waals surface area contributed by atoms with Crippen LogP contribution < -0.4 is 10.1 Å². The van der Waals surface area contributed by atoms with Gasteiger partial charge in [-0.1, -0.05) is 25.3 Å². The molecule has 0 radical (unpaired) electrons. The molecule has 4 nitrogen and oxygen atoms in total. The maximum Gasteiger partial charge on any atom is 0.387 e. The molecule has 1 aromatic rings. The van der Waals surface area contributed by atoms with Crippen molar-refractivity contribution in [2.24, 2.45) is 0 Å². The van der Waals surface area contributed by atoms with Crippen LogP contribution in [-0.4, -0.2) is 29.8 Å². The Morgan fingerprint density at radius 3 is 2.67 bits per heavy atom. The molecule has 0 spiro atoms. The summed E-state index contributed by atoms with van der Waals surface area (Å²) in [7, 11) is 0. The molecule has 116 valence electrons. The SMILES string of the molecule is O=C(NC1(CO)CCCCC1)c1cccc(OC(F)F)c1. The Morgan fingerprint density at radius 1 is 1.33 bits per heavy atom. The van der Waals surface area contributed by atoms with Crippen LogP contribution in [0.5, 0.6) is 5.75 Å². The van der Waals surface area contributed by atoms with Gasteiger partial charge < -0.3 is 15.2 Å². The Hall–Kier alpha value is -1.69. The standard InChI is InChI=1S/C15H19F2NO3/c16-14(17)21-12-6-4-5-11(9-12)13(20)18-15(10-19)7-2-1-3-8-15/h4-6,9,14,19H,1-3,7-8,10H2,(H,18,20). The third-order valence-electron chi connectivity index (χ3n) is 3.81. The van der Waals surface area contributed by atoms with Gasteiger partial charge >= 0.3 is 6.61 Å². The molecule has 1 aliphatic rings. The second-order valence-electron chi connectivity index (χ2n) is 5.36. The zero-order chi connectivity index (χ0) is 15.3. The number of rotatable bonds is 5. The van der Waals surface area contributed by atoms with Gasteiger partial charge in [0.1, 0.15) is 5.75 Å². The molecule has 0 heterocycles. The summed E-state index contributed by atoms with van der Waals surface area (Å²) in [4.78, 5) is 12.2. The van der Waals surface area contributed by atoms with Gasteiger partial charge in [-0.3, -0.25) is 4.79 Å². The summed E-state index contributed by atoms with van der Waals surface area (Å²) < 4.78 is 28.7. The minimum absolute atomic E-state index is 0.0562. The molecule has 2 N–H and O–H groups in total. The molecule has 2 rings (SSSR count). The average molecular weight is 299 g/mol. The fraction of sp³-hybridized carbons (Fsp3) is 0.533. The van der Waals surface area contributed by atoms with Crippen LogP contribution in [0.4, 0.5) is 8.78 Å². The van der Waals surface area contributed by atoms with Gasteiger partial charge in [0.15, 0.2) is 0 Å². The zero-order valence-corrected chi connectivity index (χ0v) is 11.6. The fourth-order valence-electron chi connectivity index (χ4n) is 2.68. The Bertz CT molecular complexity index is 488. The van der Waals surface area contributed by atoms with Crippen LogP contribution in [0.3, 0.4) is 0 Å². The van der Waals surface area contributed by atoms with E-state index in [1.165, 1.54) is 24.3 Å². The molecule has 0 saturated heterocycles. The van der Waals surface area contributed by atoms with Crippen molar-refractivity contribution in [2.45, 2.75) is 44.3 Å². The fourth-order valence-corrected chi connectivity index (χ4v) is 2.68. The summed E-state index contributed by atoms with van der Waals surface area (Å²) in [5, 5.41) is 12.4. The molecule has 21 heavy (non-hydrogen) atoms. The number of carbonyl (C=O) groups excluding carboxylic acids is 1. The van der Waals surface area contributed by atoms with Gasteiger partial charge in [0.05, 0.1) is 12.1 Å². The van der Waals surface area contributed by atoms with E-state index in [1.54, 1.807) is 0 Å². The predicted octanol–water partition coefficient (Wildman–Crippen LogP) is 2.71. The van der Waals surface area contributed by atoms with E-state index in [2.05, 4.69) is 10.1 Å². The van der Waals surface area contributed by atoms with Crippen molar-refractivity contribution in [2.75, 3.05) is 6.61 Å². The number of aliphatic hydroxyl groups excluding tert-OH is 1. The van der Waals surface area contributed by atoms with E-state index >= 15 is 0 Å². The average Bonchev–Trinajstić information content (AvgIpc) is 2.48. The summed E-state index contributed by atoms with van der Waals surface area (Å²) in [5.74, 6) is -0.440. The lowest BCUT2D eigenvalue weighted by molar-refractivity contribution is -0.0498. The van der Waals surface area contributed by atoms with Crippen molar-refractivity contribution in [3.05, 3.63) is 29.8 Å². The third-order valence-corrected chi connectivity index (χ3v) is 3.81. The summed E-state index contributed by atoms with van der Waals surface area (Å²) in [5.41, 5.74) is -0.360. The lowest BCUT2D eigenvalue weighted by Gasteiger charge is -2.36. The van der Waals surface area contributed by atoms with E-state index in [4.69, 9.17) is 0 Å². The normalized spacial score (nSPS) is 17.5. The number of halogens is 2. The maximum atomic E-state index is 12.2. The molecular weight excluding hydrogens is 280 g/mol. The van der Waals surface area contributed by atoms with E-state index in [0.29, 0.717) is 0 Å². The van der Waals surface area contributed by atoms with Crippen LogP contribution >= 0.6 is 0 Å². The van der Waals surface area contributed by atoms with Crippen molar-refractivity contribution in [3.8, 4) is 5.75 Å². The molecule has 1 aromatic carbocycles. The van der Waals surface area contributed by atoms with Gasteiger partial charge in [-0.15, -0.1) is 0 Å². The number of benzene rings is 1. The van der Waals surface area contributed by atoms with Crippen LogP contribution in [0.25, 0.3) is 0 Å². The van der Waals surface area contributed by atoms with Gasteiger partial charge in [0.25, 0.3) is 5.91 Å². The Kier molecular flexibility index (Phi) is 5.12. The highest BCUT2D eigenvalue weighted by Crippen LogP contribution is 2.28. The highest BCUT2D eigenvalue weighted by molar-refractivity contribution is 5.95. The Labute approximate surface area is 122 Å². The number of alkyl halides is 2. The third kappa shape index (κ3) is 4.14. The minimum Gasteiger partial charge on any atom is -0.435 e. The van der Waals surface area contributed by atoms with Crippen LogP contribution in [0.1, 0.15) is 42.5 Å². The van der Waals surface area contributed by atoms with Gasteiger partial charge in [0, 0.05) is 5.56 Å². The molecule has 1 fully saturated rings. The Morgan fingerprint density at radius 2 is 2.05 bits per heavy atom. The first-order valence-corrected chi connectivity index (χ1v) is 7.03. The van der Waals surface area contributed by atoms with E-state index in [-0.39, 0.29) is 23.8 Å². The quantitative estimate of drug-likeness (QED) is 0.879. The molecule has 0 aliphatic heterocycles. The molecule has 0 atom stereocenters. The van der Waals surface area contributed by atoms with Crippen molar-refractivity contribution in [3.63, 3.8) is 0 Å². The van der Waals surface area contributed by atoms with Crippen LogP contribution in [0.2, 0.25) is 0 Å². The topological polar surface area (TPSA) is 58.6 Å². The molecule has 0 bridgehead atoms. The summed E-state index contributed by atoms with van der Waals surface area (Å²) >= 11 is 0. The van der Waals surface area contributed by atoms with Crippen molar-refractivity contribution in [1.29, 1.82) is 0 Å². The summed E-state index contributed by atoms with van der Waals surface area (Å²) in [6, 6.07) is 5.65. The number of hydrogen-bond donors (Lipinski definition) is 2. The van der Waals surface area contributed by atoms with Gasteiger partial charge in [0.2, 0.25) is 0 Å². The smallest absolute Gasteiger partial charge is 0.387 e. The number of ether oxygens (including phenoxy) is 1. The first-order chi connectivity index (χ1) is 10.0. The van der Waals surface area contributed by atoms with Crippen molar-refractivity contribution >= 4 is 5.91 Å². The molecule has 0 aromatic heterocycles. The lowest BCUT2D eigenvalue weighted by Crippen LogP contribution is -2.52. The predicted molar refractivity (Wildman–Crippen MR) is 73.4 cm³/mol. The van der Waals surface area contributed by atoms with E-state index in [1.807, 2.05) is 0 Å². The summed E-state index contributed by atoms with van der Waals surface area (Å²) in [6.45, 7) is -3.04. The molecule has 0 unspecified atom stereocenters. The van der Waals surface area contributed by atoms with Gasteiger partial charge in [-0.25, -0.2) is 0 Å². The van der Waals surface area contributed by atoms with Gasteiger partial charge in [-0.2, -0.15) is 8.78 Å². The molecule has 1 saturated carbocycles. The highest BCUT2D eigenvalue weighted by atomic mass is 19.3. The second-order valence-corrected chi connectivity index (χ2v) is 5.36. The monoisotopic (exact) mass is 299 g/mol. The molecule has 1 amide bonds. The highest BCUT2D eigenvalue weighted by Gasteiger charge is 2.33. The van der Waals surface area contributed by atoms with Crippen LogP contribution in [-0.2, 0) is 0 Å². The van der Waals surface area contributed by atoms with E-state index in [0.717, 1.165) is 32.1 Å². The lowest BCUT2D eigenvalue weighted by atomic mass is 9.82. The van der Waals surface area contributed by atoms with E-state index in [9.17, 15) is 18.7 Å². The van der Waals surface area contributed by atoms with Crippen LogP contribution in [0, 0.1) is 0 Å². The minimum atomic E-state index is -2.93. The first-order valence-electron chi connectivity index (χ1n) is 7.03. The number of aliphatic hydroxyl groups is 1. The summed E-state index contributed by atoms with van der Waals surface area (Å²) in [6.07, 6.45) is 4.45. The second kappa shape index (κ2) is 6.85. The zero-order valence-electron chi connectivity index (χ0n) is 11.6. The van der Waals surface area contributed by atoms with Crippen molar-refractivity contribution < 1.29 is 23.4 Å². The molecule has 6 heteroatoms. The Balaban J connectivity index is 2.08. The largest absolute Gasteiger partial charge is 0.435 e. The van der Waals surface area contributed by atoms with Crippen LogP contribution in [0.15, 0.2) is 24.3 Å². The molecule has 1 aliphatic carbocycles. The van der Waals surface area contributed by atoms with Crippen molar-refractivity contribution in [1.82, 2.24) is 5.32 Å². The van der Waals surface area contributed by atoms with E-state index < -0.39 is 12.2 Å². The number of carbonyl (C=O) groups is 1. The maximum absolute atomic E-state index is 12.2.